The Morgan fingerprint density at radius 3 is 2.89 bits per heavy atom. The molecule has 1 amide bonds. The van der Waals surface area contributed by atoms with E-state index in [2.05, 4.69) is 26.3 Å². The number of rotatable bonds is 3. The van der Waals surface area contributed by atoms with Crippen LogP contribution in [0.25, 0.3) is 0 Å². The molecule has 0 atom stereocenters. The van der Waals surface area contributed by atoms with E-state index in [-0.39, 0.29) is 5.91 Å². The van der Waals surface area contributed by atoms with Gasteiger partial charge in [0.1, 0.15) is 0 Å². The van der Waals surface area contributed by atoms with Crippen LogP contribution in [0.2, 0.25) is 0 Å². The Labute approximate surface area is 114 Å². The van der Waals surface area contributed by atoms with Crippen molar-refractivity contribution in [3.05, 3.63) is 46.1 Å². The summed E-state index contributed by atoms with van der Waals surface area (Å²) in [4.78, 5) is 12.1. The molecule has 0 radical (unpaired) electrons. The molecule has 0 spiro atoms. The van der Waals surface area contributed by atoms with Crippen LogP contribution in [-0.2, 0) is 6.54 Å². The predicted octanol–water partition coefficient (Wildman–Crippen LogP) is 3.23. The highest BCUT2D eigenvalue weighted by molar-refractivity contribution is 9.10. The average Bonchev–Trinajstić information content (AvgIpc) is 2.80. The smallest absolute Gasteiger partial charge is 0.257 e. The van der Waals surface area contributed by atoms with Crippen molar-refractivity contribution < 1.29 is 4.79 Å². The molecule has 0 bridgehead atoms. The van der Waals surface area contributed by atoms with Gasteiger partial charge in [-0.25, -0.2) is 0 Å². The maximum Gasteiger partial charge on any atom is 0.257 e. The standard InChI is InChI=1S/C13H14BrN3O/c1-3-17-7-6-12(16-17)15-13(18)11-8-10(14)5-4-9(11)2/h4-8H,3H2,1-2H3,(H,15,16,18). The van der Waals surface area contributed by atoms with Crippen molar-refractivity contribution in [1.29, 1.82) is 0 Å². The maximum atomic E-state index is 12.1. The fourth-order valence-electron chi connectivity index (χ4n) is 1.63. The molecule has 1 aromatic carbocycles. The lowest BCUT2D eigenvalue weighted by molar-refractivity contribution is 0.102. The molecule has 5 heteroatoms. The van der Waals surface area contributed by atoms with E-state index in [1.165, 1.54) is 0 Å². The quantitative estimate of drug-likeness (QED) is 0.946. The highest BCUT2D eigenvalue weighted by Crippen LogP contribution is 2.17. The molecule has 0 aliphatic heterocycles. The van der Waals surface area contributed by atoms with Crippen LogP contribution < -0.4 is 5.32 Å². The molecule has 0 aliphatic carbocycles. The number of amides is 1. The Morgan fingerprint density at radius 2 is 2.22 bits per heavy atom. The second-order valence-electron chi connectivity index (χ2n) is 3.97. The fourth-order valence-corrected chi connectivity index (χ4v) is 1.99. The third kappa shape index (κ3) is 2.79. The third-order valence-electron chi connectivity index (χ3n) is 2.65. The molecular formula is C13H14BrN3O. The van der Waals surface area contributed by atoms with Crippen LogP contribution in [0.3, 0.4) is 0 Å². The lowest BCUT2D eigenvalue weighted by Gasteiger charge is -2.06. The van der Waals surface area contributed by atoms with Gasteiger partial charge < -0.3 is 5.32 Å². The number of nitrogens with one attached hydrogen (secondary N) is 1. The summed E-state index contributed by atoms with van der Waals surface area (Å²) in [6, 6.07) is 7.41. The van der Waals surface area contributed by atoms with Crippen molar-refractivity contribution in [1.82, 2.24) is 9.78 Å². The van der Waals surface area contributed by atoms with Gasteiger partial charge in [-0.2, -0.15) is 5.10 Å². The number of benzene rings is 1. The van der Waals surface area contributed by atoms with Crippen LogP contribution >= 0.6 is 15.9 Å². The largest absolute Gasteiger partial charge is 0.305 e. The van der Waals surface area contributed by atoms with Crippen molar-refractivity contribution in [2.75, 3.05) is 5.32 Å². The molecule has 1 aromatic heterocycles. The minimum atomic E-state index is -0.143. The number of nitrogens with zero attached hydrogens (tertiary/aromatic N) is 2. The van der Waals surface area contributed by atoms with E-state index >= 15 is 0 Å². The molecule has 94 valence electrons. The van der Waals surface area contributed by atoms with E-state index in [0.29, 0.717) is 11.4 Å². The summed E-state index contributed by atoms with van der Waals surface area (Å²) in [7, 11) is 0. The molecule has 4 nitrogen and oxygen atoms in total. The summed E-state index contributed by atoms with van der Waals surface area (Å²) >= 11 is 3.37. The molecule has 0 saturated heterocycles. The van der Waals surface area contributed by atoms with Gasteiger partial charge in [-0.3, -0.25) is 9.48 Å². The molecule has 0 fully saturated rings. The van der Waals surface area contributed by atoms with Crippen molar-refractivity contribution in [2.45, 2.75) is 20.4 Å². The number of anilines is 1. The minimum Gasteiger partial charge on any atom is -0.305 e. The minimum absolute atomic E-state index is 0.143. The SMILES string of the molecule is CCn1ccc(NC(=O)c2cc(Br)ccc2C)n1. The number of hydrogen-bond acceptors (Lipinski definition) is 2. The van der Waals surface area contributed by atoms with Gasteiger partial charge in [0.25, 0.3) is 5.91 Å². The van der Waals surface area contributed by atoms with Gasteiger partial charge in [-0.05, 0) is 31.5 Å². The van der Waals surface area contributed by atoms with E-state index in [1.807, 2.05) is 38.2 Å². The van der Waals surface area contributed by atoms with Crippen molar-refractivity contribution >= 4 is 27.7 Å². The predicted molar refractivity (Wildman–Crippen MR) is 74.7 cm³/mol. The number of aromatic nitrogens is 2. The molecule has 0 unspecified atom stereocenters. The molecule has 1 heterocycles. The summed E-state index contributed by atoms with van der Waals surface area (Å²) in [5, 5.41) is 7.01. The summed E-state index contributed by atoms with van der Waals surface area (Å²) in [6.07, 6.45) is 1.84. The van der Waals surface area contributed by atoms with Crippen LogP contribution in [0.15, 0.2) is 34.9 Å². The molecule has 0 saturated carbocycles. The van der Waals surface area contributed by atoms with E-state index in [0.717, 1.165) is 16.6 Å². The van der Waals surface area contributed by atoms with Crippen LogP contribution in [0, 0.1) is 6.92 Å². The maximum absolute atomic E-state index is 12.1. The number of carbonyl (C=O) groups excluding carboxylic acids is 1. The van der Waals surface area contributed by atoms with Crippen molar-refractivity contribution in [2.24, 2.45) is 0 Å². The Balaban J connectivity index is 2.19. The number of aryl methyl sites for hydroxylation is 2. The van der Waals surface area contributed by atoms with Crippen LogP contribution in [0.5, 0.6) is 0 Å². The number of carbonyl (C=O) groups is 1. The van der Waals surface area contributed by atoms with Gasteiger partial charge in [-0.15, -0.1) is 0 Å². The van der Waals surface area contributed by atoms with E-state index in [4.69, 9.17) is 0 Å². The molecule has 2 aromatic rings. The number of hydrogen-bond donors (Lipinski definition) is 1. The average molecular weight is 308 g/mol. The Hall–Kier alpha value is -1.62. The topological polar surface area (TPSA) is 46.9 Å². The van der Waals surface area contributed by atoms with Gasteiger partial charge in [0.2, 0.25) is 0 Å². The van der Waals surface area contributed by atoms with Crippen LogP contribution in [0.1, 0.15) is 22.8 Å². The normalized spacial score (nSPS) is 10.4. The lowest BCUT2D eigenvalue weighted by atomic mass is 10.1. The van der Waals surface area contributed by atoms with Gasteiger partial charge in [0.05, 0.1) is 0 Å². The lowest BCUT2D eigenvalue weighted by Crippen LogP contribution is -2.14. The monoisotopic (exact) mass is 307 g/mol. The first-order valence-electron chi connectivity index (χ1n) is 5.71. The summed E-state index contributed by atoms with van der Waals surface area (Å²) in [6.45, 7) is 4.69. The summed E-state index contributed by atoms with van der Waals surface area (Å²) < 4.78 is 2.65. The fraction of sp³-hybridized carbons (Fsp3) is 0.231. The Kier molecular flexibility index (Phi) is 3.81. The zero-order valence-electron chi connectivity index (χ0n) is 10.3. The highest BCUT2D eigenvalue weighted by atomic mass is 79.9. The van der Waals surface area contributed by atoms with Gasteiger partial charge >= 0.3 is 0 Å². The second kappa shape index (κ2) is 5.35. The van der Waals surface area contributed by atoms with Crippen molar-refractivity contribution in [3.63, 3.8) is 0 Å². The summed E-state index contributed by atoms with van der Waals surface area (Å²) in [5.74, 6) is 0.427. The van der Waals surface area contributed by atoms with E-state index < -0.39 is 0 Å². The summed E-state index contributed by atoms with van der Waals surface area (Å²) in [5.41, 5.74) is 1.58. The Morgan fingerprint density at radius 1 is 1.44 bits per heavy atom. The highest BCUT2D eigenvalue weighted by Gasteiger charge is 2.11. The van der Waals surface area contributed by atoms with E-state index in [9.17, 15) is 4.79 Å². The van der Waals surface area contributed by atoms with Crippen LogP contribution in [0.4, 0.5) is 5.82 Å². The molecule has 1 N–H and O–H groups in total. The number of halogens is 1. The Bertz CT molecular complexity index is 577. The zero-order chi connectivity index (χ0) is 13.1. The molecule has 0 aliphatic rings. The molecular weight excluding hydrogens is 294 g/mol. The first-order chi connectivity index (χ1) is 8.60. The van der Waals surface area contributed by atoms with Gasteiger partial charge in [-0.1, -0.05) is 22.0 Å². The first kappa shape index (κ1) is 12.8. The van der Waals surface area contributed by atoms with Gasteiger partial charge in [0, 0.05) is 28.8 Å². The third-order valence-corrected chi connectivity index (χ3v) is 3.14. The van der Waals surface area contributed by atoms with Crippen molar-refractivity contribution in [3.8, 4) is 0 Å². The first-order valence-corrected chi connectivity index (χ1v) is 6.50. The molecule has 18 heavy (non-hydrogen) atoms. The molecule has 2 rings (SSSR count). The van der Waals surface area contributed by atoms with Crippen LogP contribution in [-0.4, -0.2) is 15.7 Å². The van der Waals surface area contributed by atoms with E-state index in [1.54, 1.807) is 10.7 Å². The zero-order valence-corrected chi connectivity index (χ0v) is 11.9. The second-order valence-corrected chi connectivity index (χ2v) is 4.89. The van der Waals surface area contributed by atoms with Gasteiger partial charge in [0.15, 0.2) is 5.82 Å².